The second-order valence-electron chi connectivity index (χ2n) is 5.61. The molecule has 2 N–H and O–H groups in total. The zero-order valence-electron chi connectivity index (χ0n) is 13.0. The van der Waals surface area contributed by atoms with Crippen LogP contribution >= 0.6 is 0 Å². The third kappa shape index (κ3) is 2.18. The van der Waals surface area contributed by atoms with Crippen LogP contribution in [0, 0.1) is 32.1 Å². The number of anilines is 1. The van der Waals surface area contributed by atoms with E-state index in [0.717, 1.165) is 28.1 Å². The largest absolute Gasteiger partial charge is 0.383 e. The highest BCUT2D eigenvalue weighted by atomic mass is 16.5. The highest BCUT2D eigenvalue weighted by molar-refractivity contribution is 6.08. The van der Waals surface area contributed by atoms with Crippen molar-refractivity contribution >= 4 is 11.4 Å². The van der Waals surface area contributed by atoms with Crippen LogP contribution in [0.25, 0.3) is 0 Å². The van der Waals surface area contributed by atoms with E-state index in [0.29, 0.717) is 24.6 Å². The zero-order valence-corrected chi connectivity index (χ0v) is 13.0. The van der Waals surface area contributed by atoms with E-state index >= 15 is 0 Å². The van der Waals surface area contributed by atoms with Crippen LogP contribution in [-0.4, -0.2) is 18.9 Å². The number of aryl methyl sites for hydroxylation is 3. The lowest BCUT2D eigenvalue weighted by atomic mass is 9.98. The highest BCUT2D eigenvalue weighted by Crippen LogP contribution is 2.33. The quantitative estimate of drug-likeness (QED) is 0.863. The van der Waals surface area contributed by atoms with Crippen molar-refractivity contribution in [2.24, 2.45) is 10.8 Å². The van der Waals surface area contributed by atoms with Gasteiger partial charge in [-0.15, -0.1) is 0 Å². The van der Waals surface area contributed by atoms with Gasteiger partial charge in [-0.05, 0) is 38.0 Å². The normalized spacial score (nSPS) is 17.6. The first-order valence-electron chi connectivity index (χ1n) is 7.17. The summed E-state index contributed by atoms with van der Waals surface area (Å²) < 4.78 is 5.42. The summed E-state index contributed by atoms with van der Waals surface area (Å²) in [5, 5.41) is 15.8. The van der Waals surface area contributed by atoms with Gasteiger partial charge in [-0.2, -0.15) is 10.4 Å². The Kier molecular flexibility index (Phi) is 3.47. The van der Waals surface area contributed by atoms with Crippen LogP contribution in [0.2, 0.25) is 0 Å². The Hall–Kier alpha value is -2.58. The molecule has 2 aliphatic heterocycles. The van der Waals surface area contributed by atoms with Gasteiger partial charge in [0, 0.05) is 5.57 Å². The van der Waals surface area contributed by atoms with E-state index in [2.05, 4.69) is 30.2 Å². The summed E-state index contributed by atoms with van der Waals surface area (Å²) in [4.78, 5) is 0. The molecule has 5 nitrogen and oxygen atoms in total. The van der Waals surface area contributed by atoms with Gasteiger partial charge < -0.3 is 10.5 Å². The maximum Gasteiger partial charge on any atom is 0.144 e. The molecule has 2 aliphatic rings. The number of rotatable bonds is 1. The van der Waals surface area contributed by atoms with E-state index in [1.807, 2.05) is 19.9 Å². The number of ether oxygens (including phenoxy) is 1. The third-order valence-corrected chi connectivity index (χ3v) is 3.89. The molecule has 2 heterocycles. The van der Waals surface area contributed by atoms with Crippen LogP contribution in [0.15, 0.2) is 40.3 Å². The van der Waals surface area contributed by atoms with Gasteiger partial charge in [-0.1, -0.05) is 17.7 Å². The van der Waals surface area contributed by atoms with Crippen molar-refractivity contribution in [2.45, 2.75) is 20.8 Å². The highest BCUT2D eigenvalue weighted by Gasteiger charge is 2.29. The zero-order chi connectivity index (χ0) is 15.9. The molecule has 5 heteroatoms. The van der Waals surface area contributed by atoms with Crippen LogP contribution in [0.3, 0.4) is 0 Å². The van der Waals surface area contributed by atoms with Crippen molar-refractivity contribution < 1.29 is 4.74 Å². The lowest BCUT2D eigenvalue weighted by Crippen LogP contribution is -2.35. The van der Waals surface area contributed by atoms with E-state index in [1.54, 1.807) is 5.01 Å². The fourth-order valence-electron chi connectivity index (χ4n) is 3.04. The van der Waals surface area contributed by atoms with E-state index in [9.17, 15) is 5.26 Å². The molecule has 1 aromatic carbocycles. The number of nitrogens with two attached hydrogens (primary N) is 1. The second kappa shape index (κ2) is 5.32. The fraction of sp³-hybridized carbons (Fsp3) is 0.294. The lowest BCUT2D eigenvalue weighted by molar-refractivity contribution is 0.199. The van der Waals surface area contributed by atoms with Crippen molar-refractivity contribution in [3.8, 4) is 6.07 Å². The van der Waals surface area contributed by atoms with Crippen LogP contribution < -0.4 is 10.7 Å². The Morgan fingerprint density at radius 2 is 1.95 bits per heavy atom. The third-order valence-electron chi connectivity index (χ3n) is 3.89. The number of benzene rings is 1. The second-order valence-corrected chi connectivity index (χ2v) is 5.61. The molecule has 0 aliphatic carbocycles. The van der Waals surface area contributed by atoms with Gasteiger partial charge in [-0.3, -0.25) is 0 Å². The van der Waals surface area contributed by atoms with E-state index in [4.69, 9.17) is 10.5 Å². The van der Waals surface area contributed by atoms with Gasteiger partial charge in [0.1, 0.15) is 17.5 Å². The van der Waals surface area contributed by atoms with Gasteiger partial charge in [0.25, 0.3) is 0 Å². The van der Waals surface area contributed by atoms with Gasteiger partial charge in [-0.25, -0.2) is 5.01 Å². The van der Waals surface area contributed by atoms with Gasteiger partial charge in [0.05, 0.1) is 24.6 Å². The molecule has 0 bridgehead atoms. The molecular formula is C17H18N4O. The molecule has 0 atom stereocenters. The van der Waals surface area contributed by atoms with Crippen molar-refractivity contribution in [2.75, 3.05) is 18.2 Å². The first-order valence-corrected chi connectivity index (χ1v) is 7.17. The molecule has 0 fully saturated rings. The van der Waals surface area contributed by atoms with Crippen molar-refractivity contribution in [3.05, 3.63) is 51.9 Å². The lowest BCUT2D eigenvalue weighted by Gasteiger charge is -2.31. The van der Waals surface area contributed by atoms with Crippen molar-refractivity contribution in [1.29, 1.82) is 5.26 Å². The van der Waals surface area contributed by atoms with E-state index in [1.165, 1.54) is 5.56 Å². The summed E-state index contributed by atoms with van der Waals surface area (Å²) in [5.74, 6) is 0.370. The monoisotopic (exact) mass is 294 g/mol. The average Bonchev–Trinajstić information content (AvgIpc) is 2.47. The summed E-state index contributed by atoms with van der Waals surface area (Å²) in [7, 11) is 0. The number of nitriles is 1. The van der Waals surface area contributed by atoms with Gasteiger partial charge in [0.15, 0.2) is 0 Å². The number of fused-ring (bicyclic) bond motifs is 1. The molecule has 0 unspecified atom stereocenters. The van der Waals surface area contributed by atoms with E-state index < -0.39 is 0 Å². The predicted molar refractivity (Wildman–Crippen MR) is 86.3 cm³/mol. The SMILES string of the molecule is Cc1cc(C)c(N2N=C3COCC=C3C(C#N)=C2N)c(C)c1. The van der Waals surface area contributed by atoms with Crippen LogP contribution in [-0.2, 0) is 4.74 Å². The predicted octanol–water partition coefficient (Wildman–Crippen LogP) is 2.44. The Labute approximate surface area is 130 Å². The minimum absolute atomic E-state index is 0.370. The number of hydrogen-bond acceptors (Lipinski definition) is 5. The maximum absolute atomic E-state index is 9.50. The molecule has 0 aromatic heterocycles. The van der Waals surface area contributed by atoms with Crippen LogP contribution in [0.5, 0.6) is 0 Å². The molecule has 1 aromatic rings. The first-order chi connectivity index (χ1) is 10.5. The summed E-state index contributed by atoms with van der Waals surface area (Å²) in [5.41, 5.74) is 12.5. The Bertz CT molecular complexity index is 757. The van der Waals surface area contributed by atoms with E-state index in [-0.39, 0.29) is 0 Å². The number of nitrogens with zero attached hydrogens (tertiary/aromatic N) is 3. The summed E-state index contributed by atoms with van der Waals surface area (Å²) in [6, 6.07) is 6.39. The smallest absolute Gasteiger partial charge is 0.144 e. The number of hydrogen-bond donors (Lipinski definition) is 1. The molecule has 0 saturated carbocycles. The summed E-state index contributed by atoms with van der Waals surface area (Å²) in [6.07, 6.45) is 1.86. The molecule has 0 radical (unpaired) electrons. The average molecular weight is 294 g/mol. The van der Waals surface area contributed by atoms with Crippen molar-refractivity contribution in [3.63, 3.8) is 0 Å². The van der Waals surface area contributed by atoms with Crippen LogP contribution in [0.1, 0.15) is 16.7 Å². The Morgan fingerprint density at radius 1 is 1.27 bits per heavy atom. The molecule has 3 rings (SSSR count). The Balaban J connectivity index is 2.20. The minimum atomic E-state index is 0.370. The standard InChI is InChI=1S/C17H18N4O/c1-10-6-11(2)16(12(3)7-10)21-17(19)14(8-18)13-4-5-22-9-15(13)20-21/h4,6-7H,5,9,19H2,1-3H3. The summed E-state index contributed by atoms with van der Waals surface area (Å²) >= 11 is 0. The molecule has 0 saturated heterocycles. The number of allylic oxidation sites excluding steroid dienone is 1. The first kappa shape index (κ1) is 14.4. The van der Waals surface area contributed by atoms with Gasteiger partial charge >= 0.3 is 0 Å². The maximum atomic E-state index is 9.50. The Morgan fingerprint density at radius 3 is 2.59 bits per heavy atom. The molecular weight excluding hydrogens is 276 g/mol. The molecule has 0 spiro atoms. The number of hydrazone groups is 1. The summed E-state index contributed by atoms with van der Waals surface area (Å²) in [6.45, 7) is 6.98. The fourth-order valence-corrected chi connectivity index (χ4v) is 3.04. The topological polar surface area (TPSA) is 74.6 Å². The van der Waals surface area contributed by atoms with Crippen molar-refractivity contribution in [1.82, 2.24) is 0 Å². The van der Waals surface area contributed by atoms with Gasteiger partial charge in [0.2, 0.25) is 0 Å². The molecule has 22 heavy (non-hydrogen) atoms. The van der Waals surface area contributed by atoms with Crippen LogP contribution in [0.4, 0.5) is 5.69 Å². The molecule has 0 amide bonds. The molecule has 112 valence electrons. The minimum Gasteiger partial charge on any atom is -0.383 e.